The minimum absolute atomic E-state index is 0.0910. The monoisotopic (exact) mass is 345 g/mol. The summed E-state index contributed by atoms with van der Waals surface area (Å²) in [6.45, 7) is 1.67. The van der Waals surface area contributed by atoms with Crippen LogP contribution in [0.15, 0.2) is 34.7 Å². The van der Waals surface area contributed by atoms with Crippen LogP contribution in [-0.2, 0) is 11.3 Å². The molecule has 0 N–H and O–H groups in total. The van der Waals surface area contributed by atoms with Gasteiger partial charge >= 0.3 is 0 Å². The second kappa shape index (κ2) is 7.61. The Bertz CT molecular complexity index is 739. The summed E-state index contributed by atoms with van der Waals surface area (Å²) in [7, 11) is 4.89. The molecule has 1 amide bonds. The van der Waals surface area contributed by atoms with Crippen molar-refractivity contribution in [1.29, 1.82) is 0 Å². The Labute approximate surface area is 147 Å². The van der Waals surface area contributed by atoms with E-state index in [0.29, 0.717) is 31.2 Å². The second-order valence-electron chi connectivity index (χ2n) is 6.04. The SMILES string of the molecule is COCc1ccc(C(=O)N2CC[C@H](c3cc(OC)ccc3OC)C2)o1. The first-order valence-corrected chi connectivity index (χ1v) is 8.25. The molecule has 6 nitrogen and oxygen atoms in total. The van der Waals surface area contributed by atoms with E-state index in [0.717, 1.165) is 23.5 Å². The van der Waals surface area contributed by atoms with Crippen LogP contribution in [0.5, 0.6) is 11.5 Å². The molecule has 3 rings (SSSR count). The smallest absolute Gasteiger partial charge is 0.289 e. The molecule has 0 radical (unpaired) electrons. The summed E-state index contributed by atoms with van der Waals surface area (Å²) in [5.74, 6) is 2.73. The highest BCUT2D eigenvalue weighted by molar-refractivity contribution is 5.91. The number of amides is 1. The van der Waals surface area contributed by atoms with Crippen molar-refractivity contribution in [2.45, 2.75) is 18.9 Å². The highest BCUT2D eigenvalue weighted by atomic mass is 16.5. The Morgan fingerprint density at radius 2 is 2.04 bits per heavy atom. The van der Waals surface area contributed by atoms with E-state index in [1.807, 2.05) is 23.1 Å². The van der Waals surface area contributed by atoms with Gasteiger partial charge in [-0.2, -0.15) is 0 Å². The number of hydrogen-bond acceptors (Lipinski definition) is 5. The van der Waals surface area contributed by atoms with Crippen molar-refractivity contribution in [3.8, 4) is 11.5 Å². The summed E-state index contributed by atoms with van der Waals surface area (Å²) in [5, 5.41) is 0. The highest BCUT2D eigenvalue weighted by Crippen LogP contribution is 2.36. The van der Waals surface area contributed by atoms with Crippen LogP contribution >= 0.6 is 0 Å². The van der Waals surface area contributed by atoms with Gasteiger partial charge in [0.15, 0.2) is 5.76 Å². The van der Waals surface area contributed by atoms with E-state index in [-0.39, 0.29) is 11.8 Å². The van der Waals surface area contributed by atoms with Gasteiger partial charge in [0.25, 0.3) is 5.91 Å². The lowest BCUT2D eigenvalue weighted by Crippen LogP contribution is -2.28. The first-order valence-electron chi connectivity index (χ1n) is 8.25. The van der Waals surface area contributed by atoms with Crippen LogP contribution < -0.4 is 9.47 Å². The number of likely N-dealkylation sites (tertiary alicyclic amines) is 1. The molecule has 0 unspecified atom stereocenters. The third-order valence-electron chi connectivity index (χ3n) is 4.51. The number of methoxy groups -OCH3 is 3. The molecule has 0 saturated carbocycles. The number of furan rings is 1. The van der Waals surface area contributed by atoms with Crippen molar-refractivity contribution in [3.63, 3.8) is 0 Å². The van der Waals surface area contributed by atoms with Gasteiger partial charge < -0.3 is 23.5 Å². The largest absolute Gasteiger partial charge is 0.497 e. The van der Waals surface area contributed by atoms with Gasteiger partial charge in [-0.25, -0.2) is 0 Å². The summed E-state index contributed by atoms with van der Waals surface area (Å²) in [6.07, 6.45) is 0.876. The minimum atomic E-state index is -0.0910. The first kappa shape index (κ1) is 17.4. The molecule has 1 aromatic heterocycles. The number of carbonyl (C=O) groups excluding carboxylic acids is 1. The average molecular weight is 345 g/mol. The van der Waals surface area contributed by atoms with Gasteiger partial charge in [0.05, 0.1) is 14.2 Å². The third kappa shape index (κ3) is 3.64. The molecule has 1 atom stereocenters. The maximum absolute atomic E-state index is 12.7. The van der Waals surface area contributed by atoms with Gasteiger partial charge in [-0.1, -0.05) is 0 Å². The molecule has 1 aromatic carbocycles. The molecular formula is C19H23NO5. The normalized spacial score (nSPS) is 16.9. The quantitative estimate of drug-likeness (QED) is 0.805. The molecule has 1 saturated heterocycles. The summed E-state index contributed by atoms with van der Waals surface area (Å²) >= 11 is 0. The zero-order chi connectivity index (χ0) is 17.8. The maximum Gasteiger partial charge on any atom is 0.289 e. The van der Waals surface area contributed by atoms with E-state index >= 15 is 0 Å². The zero-order valence-electron chi connectivity index (χ0n) is 14.8. The lowest BCUT2D eigenvalue weighted by Gasteiger charge is -2.17. The molecule has 134 valence electrons. The van der Waals surface area contributed by atoms with Gasteiger partial charge in [-0.3, -0.25) is 4.79 Å². The summed E-state index contributed by atoms with van der Waals surface area (Å²) in [5.41, 5.74) is 1.07. The fourth-order valence-electron chi connectivity index (χ4n) is 3.23. The van der Waals surface area contributed by atoms with Crippen LogP contribution in [0.1, 0.15) is 34.2 Å². The number of carbonyl (C=O) groups is 1. The van der Waals surface area contributed by atoms with Gasteiger partial charge in [0.2, 0.25) is 0 Å². The predicted molar refractivity (Wildman–Crippen MR) is 92.2 cm³/mol. The van der Waals surface area contributed by atoms with Crippen LogP contribution in [0.3, 0.4) is 0 Å². The summed E-state index contributed by atoms with van der Waals surface area (Å²) in [4.78, 5) is 14.5. The number of nitrogens with zero attached hydrogens (tertiary/aromatic N) is 1. The Kier molecular flexibility index (Phi) is 5.28. The van der Waals surface area contributed by atoms with Crippen LogP contribution in [0, 0.1) is 0 Å². The maximum atomic E-state index is 12.7. The number of benzene rings is 1. The van der Waals surface area contributed by atoms with Crippen molar-refractivity contribution >= 4 is 5.91 Å². The molecule has 1 aliphatic heterocycles. The Balaban J connectivity index is 1.73. The van der Waals surface area contributed by atoms with E-state index in [1.165, 1.54) is 0 Å². The molecular weight excluding hydrogens is 322 g/mol. The fraction of sp³-hybridized carbons (Fsp3) is 0.421. The zero-order valence-corrected chi connectivity index (χ0v) is 14.8. The highest BCUT2D eigenvalue weighted by Gasteiger charge is 2.31. The molecule has 2 heterocycles. The van der Waals surface area contributed by atoms with Crippen molar-refractivity contribution in [2.24, 2.45) is 0 Å². The number of ether oxygens (including phenoxy) is 3. The van der Waals surface area contributed by atoms with E-state index in [2.05, 4.69) is 0 Å². The van der Waals surface area contributed by atoms with E-state index in [4.69, 9.17) is 18.6 Å². The topological polar surface area (TPSA) is 61.1 Å². The van der Waals surface area contributed by atoms with Crippen LogP contribution in [0.4, 0.5) is 0 Å². The predicted octanol–water partition coefficient (Wildman–Crippen LogP) is 3.07. The molecule has 2 aromatic rings. The van der Waals surface area contributed by atoms with Gasteiger partial charge in [0, 0.05) is 31.7 Å². The summed E-state index contributed by atoms with van der Waals surface area (Å²) in [6, 6.07) is 9.25. The molecule has 1 fully saturated rings. The lowest BCUT2D eigenvalue weighted by atomic mass is 9.97. The molecule has 0 bridgehead atoms. The number of rotatable bonds is 6. The third-order valence-corrected chi connectivity index (χ3v) is 4.51. The molecule has 25 heavy (non-hydrogen) atoms. The lowest BCUT2D eigenvalue weighted by molar-refractivity contribution is 0.0751. The van der Waals surface area contributed by atoms with E-state index < -0.39 is 0 Å². The van der Waals surface area contributed by atoms with Crippen LogP contribution in [0.25, 0.3) is 0 Å². The summed E-state index contributed by atoms with van der Waals surface area (Å²) < 4.78 is 21.4. The fourth-order valence-corrected chi connectivity index (χ4v) is 3.23. The Morgan fingerprint density at radius 3 is 2.76 bits per heavy atom. The van der Waals surface area contributed by atoms with E-state index in [1.54, 1.807) is 33.5 Å². The van der Waals surface area contributed by atoms with Crippen molar-refractivity contribution in [1.82, 2.24) is 4.90 Å². The second-order valence-corrected chi connectivity index (χ2v) is 6.04. The molecule has 0 spiro atoms. The molecule has 0 aliphatic carbocycles. The molecule has 6 heteroatoms. The van der Waals surface area contributed by atoms with Crippen molar-refractivity contribution in [2.75, 3.05) is 34.4 Å². The minimum Gasteiger partial charge on any atom is -0.497 e. The first-order chi connectivity index (χ1) is 12.2. The van der Waals surface area contributed by atoms with E-state index in [9.17, 15) is 4.79 Å². The Morgan fingerprint density at radius 1 is 1.20 bits per heavy atom. The van der Waals surface area contributed by atoms with Gasteiger partial charge in [-0.05, 0) is 36.8 Å². The van der Waals surface area contributed by atoms with Crippen molar-refractivity contribution < 1.29 is 23.4 Å². The molecule has 1 aliphatic rings. The van der Waals surface area contributed by atoms with Crippen molar-refractivity contribution in [3.05, 3.63) is 47.4 Å². The number of hydrogen-bond donors (Lipinski definition) is 0. The standard InChI is InChI=1S/C19H23NO5/c1-22-12-15-5-7-18(25-15)19(21)20-9-8-13(11-20)16-10-14(23-2)4-6-17(16)24-3/h4-7,10,13H,8-9,11-12H2,1-3H3/t13-/m0/s1. The van der Waals surface area contributed by atoms with Gasteiger partial charge in [-0.15, -0.1) is 0 Å². The Hall–Kier alpha value is -2.47. The van der Waals surface area contributed by atoms with Crippen LogP contribution in [-0.4, -0.2) is 45.2 Å². The van der Waals surface area contributed by atoms with Crippen LogP contribution in [0.2, 0.25) is 0 Å². The average Bonchev–Trinajstić information content (AvgIpc) is 3.30. The van der Waals surface area contributed by atoms with Gasteiger partial charge in [0.1, 0.15) is 23.9 Å².